The molecule has 0 saturated heterocycles. The zero-order valence-electron chi connectivity index (χ0n) is 15.0. The van der Waals surface area contributed by atoms with E-state index >= 15 is 0 Å². The summed E-state index contributed by atoms with van der Waals surface area (Å²) >= 11 is 1.34. The predicted molar refractivity (Wildman–Crippen MR) is 105 cm³/mol. The van der Waals surface area contributed by atoms with Crippen LogP contribution in [0, 0.1) is 18.3 Å². The van der Waals surface area contributed by atoms with Crippen LogP contribution in [0.15, 0.2) is 35.4 Å². The van der Waals surface area contributed by atoms with Gasteiger partial charge in [-0.2, -0.15) is 5.26 Å². The first-order valence-electron chi connectivity index (χ1n) is 9.08. The summed E-state index contributed by atoms with van der Waals surface area (Å²) in [4.78, 5) is 17.0. The second-order valence-corrected chi connectivity index (χ2v) is 7.64. The molecule has 2 aromatic rings. The third kappa shape index (κ3) is 4.86. The normalized spacial score (nSPS) is 13.8. The number of aromatic nitrogens is 1. The Kier molecular flexibility index (Phi) is 6.30. The number of amides is 1. The Hall–Kier alpha value is -2.32. The molecule has 0 bridgehead atoms. The van der Waals surface area contributed by atoms with E-state index in [9.17, 15) is 10.1 Å². The monoisotopic (exact) mass is 365 g/mol. The molecule has 1 amide bonds. The first-order valence-corrected chi connectivity index (χ1v) is 10.1. The van der Waals surface area contributed by atoms with Gasteiger partial charge < -0.3 is 5.32 Å². The van der Waals surface area contributed by atoms with Gasteiger partial charge in [-0.25, -0.2) is 4.98 Å². The summed E-state index contributed by atoms with van der Waals surface area (Å²) in [5, 5.41) is 13.0. The quantitative estimate of drug-likeness (QED) is 0.801. The molecule has 5 heteroatoms. The molecule has 0 unspecified atom stereocenters. The van der Waals surface area contributed by atoms with Crippen LogP contribution in [0.2, 0.25) is 0 Å². The van der Waals surface area contributed by atoms with Gasteiger partial charge in [0.1, 0.15) is 11.1 Å². The summed E-state index contributed by atoms with van der Waals surface area (Å²) in [6, 6.07) is 12.0. The Balaban J connectivity index is 1.69. The average Bonchev–Trinajstić information content (AvgIpc) is 2.60. The molecule has 134 valence electrons. The van der Waals surface area contributed by atoms with E-state index in [1.807, 2.05) is 37.3 Å². The summed E-state index contributed by atoms with van der Waals surface area (Å²) in [7, 11) is 0. The first-order chi connectivity index (χ1) is 12.7. The molecule has 0 saturated carbocycles. The Bertz CT molecular complexity index is 842. The van der Waals surface area contributed by atoms with Gasteiger partial charge in [0.05, 0.1) is 11.3 Å². The van der Waals surface area contributed by atoms with Gasteiger partial charge in [-0.3, -0.25) is 4.79 Å². The van der Waals surface area contributed by atoms with E-state index < -0.39 is 0 Å². The molecular weight excluding hydrogens is 342 g/mol. The Labute approximate surface area is 159 Å². The Morgan fingerprint density at radius 2 is 2.04 bits per heavy atom. The van der Waals surface area contributed by atoms with Gasteiger partial charge in [0, 0.05) is 11.4 Å². The van der Waals surface area contributed by atoms with Crippen LogP contribution in [0.25, 0.3) is 0 Å². The van der Waals surface area contributed by atoms with Crippen LogP contribution in [-0.2, 0) is 17.6 Å². The lowest BCUT2D eigenvalue weighted by atomic mass is 9.96. The van der Waals surface area contributed by atoms with E-state index in [4.69, 9.17) is 4.98 Å². The maximum atomic E-state index is 12.2. The van der Waals surface area contributed by atoms with E-state index in [0.29, 0.717) is 10.6 Å². The smallest absolute Gasteiger partial charge is 0.234 e. The summed E-state index contributed by atoms with van der Waals surface area (Å²) < 4.78 is 0. The number of rotatable bonds is 4. The number of hydrogen-bond donors (Lipinski definition) is 1. The largest absolute Gasteiger partial charge is 0.325 e. The molecule has 3 rings (SSSR count). The minimum absolute atomic E-state index is 0.0852. The molecule has 26 heavy (non-hydrogen) atoms. The number of nitrogens with one attached hydrogen (secondary N) is 1. The van der Waals surface area contributed by atoms with E-state index in [-0.39, 0.29) is 11.7 Å². The number of nitriles is 1. The van der Waals surface area contributed by atoms with Crippen molar-refractivity contribution in [2.24, 2.45) is 0 Å². The van der Waals surface area contributed by atoms with Crippen molar-refractivity contribution in [2.75, 3.05) is 11.1 Å². The molecule has 1 aliphatic carbocycles. The van der Waals surface area contributed by atoms with E-state index in [0.717, 1.165) is 42.6 Å². The summed E-state index contributed by atoms with van der Waals surface area (Å²) in [6.07, 6.45) is 6.74. The zero-order chi connectivity index (χ0) is 18.4. The van der Waals surface area contributed by atoms with Crippen molar-refractivity contribution >= 4 is 23.4 Å². The number of hydrogen-bond acceptors (Lipinski definition) is 4. The SMILES string of the molecule is Cc1cccc(NC(=O)CSc2nc3c(cc2C#N)CCCCCC3)c1. The van der Waals surface area contributed by atoms with Crippen LogP contribution >= 0.6 is 11.8 Å². The molecule has 0 radical (unpaired) electrons. The lowest BCUT2D eigenvalue weighted by Gasteiger charge is -2.15. The van der Waals surface area contributed by atoms with Crippen molar-refractivity contribution < 1.29 is 4.79 Å². The van der Waals surface area contributed by atoms with Gasteiger partial charge in [-0.15, -0.1) is 0 Å². The number of anilines is 1. The maximum absolute atomic E-state index is 12.2. The zero-order valence-corrected chi connectivity index (χ0v) is 15.9. The number of pyridine rings is 1. The van der Waals surface area contributed by atoms with Gasteiger partial charge in [-0.05, 0) is 61.9 Å². The van der Waals surface area contributed by atoms with Crippen molar-refractivity contribution in [2.45, 2.75) is 50.5 Å². The highest BCUT2D eigenvalue weighted by molar-refractivity contribution is 8.00. The van der Waals surface area contributed by atoms with Crippen molar-refractivity contribution in [1.29, 1.82) is 5.26 Å². The predicted octanol–water partition coefficient (Wildman–Crippen LogP) is 4.65. The number of carbonyl (C=O) groups is 1. The highest BCUT2D eigenvalue weighted by Crippen LogP contribution is 2.26. The van der Waals surface area contributed by atoms with Crippen molar-refractivity contribution in [3.8, 4) is 6.07 Å². The van der Waals surface area contributed by atoms with E-state index in [1.54, 1.807) is 0 Å². The number of aryl methyl sites for hydroxylation is 3. The topological polar surface area (TPSA) is 65.8 Å². The molecular formula is C21H23N3OS. The van der Waals surface area contributed by atoms with Crippen molar-refractivity contribution in [3.63, 3.8) is 0 Å². The number of nitrogens with zero attached hydrogens (tertiary/aromatic N) is 2. The van der Waals surface area contributed by atoms with Crippen LogP contribution < -0.4 is 5.32 Å². The fourth-order valence-corrected chi connectivity index (χ4v) is 3.99. The van der Waals surface area contributed by atoms with Gasteiger partial charge in [-0.1, -0.05) is 36.7 Å². The van der Waals surface area contributed by atoms with Crippen molar-refractivity contribution in [3.05, 3.63) is 52.7 Å². The second-order valence-electron chi connectivity index (χ2n) is 6.68. The summed E-state index contributed by atoms with van der Waals surface area (Å²) in [5.74, 6) is 0.159. The molecule has 1 heterocycles. The molecule has 1 aromatic heterocycles. The van der Waals surface area contributed by atoms with Gasteiger partial charge in [0.2, 0.25) is 5.91 Å². The number of benzene rings is 1. The molecule has 4 nitrogen and oxygen atoms in total. The Morgan fingerprint density at radius 1 is 1.23 bits per heavy atom. The Morgan fingerprint density at radius 3 is 2.81 bits per heavy atom. The van der Waals surface area contributed by atoms with Crippen LogP contribution in [-0.4, -0.2) is 16.6 Å². The molecule has 1 N–H and O–H groups in total. The molecule has 0 atom stereocenters. The minimum Gasteiger partial charge on any atom is -0.325 e. The van der Waals surface area contributed by atoms with E-state index in [1.165, 1.54) is 30.2 Å². The first kappa shape index (κ1) is 18.5. The van der Waals surface area contributed by atoms with Gasteiger partial charge in [0.15, 0.2) is 0 Å². The number of fused-ring (bicyclic) bond motifs is 1. The molecule has 1 aromatic carbocycles. The summed E-state index contributed by atoms with van der Waals surface area (Å²) in [5.41, 5.74) is 4.78. The third-order valence-corrected chi connectivity index (χ3v) is 5.52. The fourth-order valence-electron chi connectivity index (χ4n) is 3.21. The van der Waals surface area contributed by atoms with Crippen LogP contribution in [0.5, 0.6) is 0 Å². The fraction of sp³-hybridized carbons (Fsp3) is 0.381. The minimum atomic E-state index is -0.0852. The highest BCUT2D eigenvalue weighted by atomic mass is 32.2. The maximum Gasteiger partial charge on any atom is 0.234 e. The van der Waals surface area contributed by atoms with Gasteiger partial charge >= 0.3 is 0 Å². The molecule has 1 aliphatic rings. The van der Waals surface area contributed by atoms with E-state index in [2.05, 4.69) is 11.4 Å². The summed E-state index contributed by atoms with van der Waals surface area (Å²) in [6.45, 7) is 1.99. The number of carbonyl (C=O) groups excluding carboxylic acids is 1. The van der Waals surface area contributed by atoms with Crippen LogP contribution in [0.3, 0.4) is 0 Å². The van der Waals surface area contributed by atoms with Crippen molar-refractivity contribution in [1.82, 2.24) is 4.98 Å². The average molecular weight is 366 g/mol. The third-order valence-electron chi connectivity index (χ3n) is 4.53. The molecule has 0 spiro atoms. The molecule has 0 aliphatic heterocycles. The second kappa shape index (κ2) is 8.86. The van der Waals surface area contributed by atoms with Crippen LogP contribution in [0.4, 0.5) is 5.69 Å². The molecule has 0 fully saturated rings. The lowest BCUT2D eigenvalue weighted by molar-refractivity contribution is -0.113. The van der Waals surface area contributed by atoms with Crippen LogP contribution in [0.1, 0.15) is 48.1 Å². The highest BCUT2D eigenvalue weighted by Gasteiger charge is 2.15. The van der Waals surface area contributed by atoms with Gasteiger partial charge in [0.25, 0.3) is 0 Å². The standard InChI is InChI=1S/C21H23N3OS/c1-15-7-6-9-18(11-15)23-20(25)14-26-21-17(13-22)12-16-8-4-2-3-5-10-19(16)24-21/h6-7,9,11-12H,2-5,8,10,14H2,1H3,(H,23,25). The lowest BCUT2D eigenvalue weighted by Crippen LogP contribution is -2.14. The number of thioether (sulfide) groups is 1.